The first-order valence-corrected chi connectivity index (χ1v) is 6.26. The van der Waals surface area contributed by atoms with Crippen molar-refractivity contribution in [1.29, 1.82) is 0 Å². The van der Waals surface area contributed by atoms with Crippen LogP contribution >= 0.6 is 0 Å². The van der Waals surface area contributed by atoms with E-state index in [4.69, 9.17) is 19.8 Å². The molecule has 1 saturated carbocycles. The lowest BCUT2D eigenvalue weighted by molar-refractivity contribution is -0.703. The van der Waals surface area contributed by atoms with Crippen molar-refractivity contribution in [1.82, 2.24) is 4.98 Å². The maximum absolute atomic E-state index is 9.04. The van der Waals surface area contributed by atoms with Crippen LogP contribution < -0.4 is 10.4 Å². The second kappa shape index (κ2) is 8.20. The third kappa shape index (κ3) is 6.52. The summed E-state index contributed by atoms with van der Waals surface area (Å²) >= 11 is 0. The first-order valence-electron chi connectivity index (χ1n) is 6.26. The van der Waals surface area contributed by atoms with E-state index >= 15 is 0 Å². The highest BCUT2D eigenvalue weighted by molar-refractivity contribution is 6.26. The highest BCUT2D eigenvalue weighted by atomic mass is 16.4. The maximum Gasteiger partial charge on any atom is 0.351 e. The highest BCUT2D eigenvalue weighted by Crippen LogP contribution is 2.14. The molecule has 1 aromatic heterocycles. The summed E-state index contributed by atoms with van der Waals surface area (Å²) in [5, 5.41) is 18.8. The molecule has 0 radical (unpaired) electrons. The largest absolute Gasteiger partial charge is 0.539 e. The van der Waals surface area contributed by atoms with Gasteiger partial charge < -0.3 is 20.3 Å². The molecule has 19 heavy (non-hydrogen) atoms. The molecule has 0 spiro atoms. The number of rotatable bonds is 3. The summed E-state index contributed by atoms with van der Waals surface area (Å²) in [4.78, 5) is 22.0. The van der Waals surface area contributed by atoms with Crippen LogP contribution in [-0.4, -0.2) is 28.1 Å². The fraction of sp³-hybridized carbons (Fsp3) is 0.462. The van der Waals surface area contributed by atoms with Crippen LogP contribution in [-0.2, 0) is 16.1 Å². The molecule has 0 aromatic carbocycles. The lowest BCUT2D eigenvalue weighted by atomic mass is 10.2. The number of carboxylic acids is 2. The quantitative estimate of drug-likeness (QED) is 0.676. The Bertz CT molecular complexity index is 390. The summed E-state index contributed by atoms with van der Waals surface area (Å²) in [7, 11) is 0. The number of pyridine rings is 1. The predicted octanol–water partition coefficient (Wildman–Crippen LogP) is -1.09. The first-order chi connectivity index (χ1) is 9.09. The zero-order valence-corrected chi connectivity index (χ0v) is 10.6. The summed E-state index contributed by atoms with van der Waals surface area (Å²) in [6.07, 6.45) is 9.42. The van der Waals surface area contributed by atoms with Crippen molar-refractivity contribution in [2.24, 2.45) is 0 Å². The third-order valence-corrected chi connectivity index (χ3v) is 3.01. The number of aromatic nitrogens is 1. The minimum absolute atomic E-state index is 0.883. The lowest BCUT2D eigenvalue weighted by Gasteiger charge is -2.07. The van der Waals surface area contributed by atoms with Crippen LogP contribution in [0.1, 0.15) is 31.2 Å². The molecule has 2 rings (SSSR count). The van der Waals surface area contributed by atoms with Gasteiger partial charge in [0.05, 0.1) is 6.04 Å². The second-order valence-electron chi connectivity index (χ2n) is 4.43. The van der Waals surface area contributed by atoms with Crippen LogP contribution in [0.4, 0.5) is 0 Å². The molecule has 6 heteroatoms. The Hall–Kier alpha value is -1.95. The molecule has 0 bridgehead atoms. The normalized spacial score (nSPS) is 14.5. The Morgan fingerprint density at radius 2 is 1.84 bits per heavy atom. The van der Waals surface area contributed by atoms with E-state index in [1.807, 2.05) is 12.4 Å². The lowest BCUT2D eigenvalue weighted by Crippen LogP contribution is -2.87. The molecule has 1 aromatic rings. The van der Waals surface area contributed by atoms with Gasteiger partial charge in [-0.1, -0.05) is 0 Å². The standard InChI is InChI=1S/C11H16N2.C2H2O4/c1-2-4-11(3-1)13-9-10-5-7-12-8-6-10;3-1(4)2(5)6/h5-8,11,13H,1-4,9H2;(H,3,4)(H,5,6). The minimum Gasteiger partial charge on any atom is -0.539 e. The number of quaternary nitrogens is 1. The Morgan fingerprint density at radius 3 is 2.32 bits per heavy atom. The van der Waals surface area contributed by atoms with Crippen molar-refractivity contribution in [3.05, 3.63) is 30.1 Å². The summed E-state index contributed by atoms with van der Waals surface area (Å²) < 4.78 is 0. The first kappa shape index (κ1) is 15.1. The van der Waals surface area contributed by atoms with Crippen LogP contribution in [0.25, 0.3) is 0 Å². The molecule has 6 nitrogen and oxygen atoms in total. The molecule has 0 saturated heterocycles. The molecule has 3 N–H and O–H groups in total. The summed E-state index contributed by atoms with van der Waals surface area (Å²) in [6, 6.07) is 5.09. The van der Waals surface area contributed by atoms with Crippen LogP contribution in [0.5, 0.6) is 0 Å². The van der Waals surface area contributed by atoms with Crippen molar-refractivity contribution in [2.75, 3.05) is 0 Å². The van der Waals surface area contributed by atoms with Crippen molar-refractivity contribution >= 4 is 11.9 Å². The van der Waals surface area contributed by atoms with Crippen LogP contribution in [0.15, 0.2) is 24.5 Å². The summed E-state index contributed by atoms with van der Waals surface area (Å²) in [6.45, 7) is 1.12. The van der Waals surface area contributed by atoms with E-state index in [-0.39, 0.29) is 0 Å². The van der Waals surface area contributed by atoms with Gasteiger partial charge in [-0.05, 0) is 37.8 Å². The van der Waals surface area contributed by atoms with Gasteiger partial charge in [-0.3, -0.25) is 4.98 Å². The Morgan fingerprint density at radius 1 is 1.32 bits per heavy atom. The Kier molecular flexibility index (Phi) is 6.52. The molecular formula is C13H18N2O4. The molecule has 1 aliphatic carbocycles. The van der Waals surface area contributed by atoms with Gasteiger partial charge in [-0.2, -0.15) is 0 Å². The molecule has 0 aliphatic heterocycles. The van der Waals surface area contributed by atoms with Crippen molar-refractivity contribution in [3.8, 4) is 0 Å². The van der Waals surface area contributed by atoms with E-state index < -0.39 is 11.9 Å². The molecule has 0 atom stereocenters. The van der Waals surface area contributed by atoms with Crippen LogP contribution in [0.3, 0.4) is 0 Å². The fourth-order valence-corrected chi connectivity index (χ4v) is 2.01. The van der Waals surface area contributed by atoms with E-state index in [9.17, 15) is 0 Å². The molecule has 1 fully saturated rings. The average molecular weight is 266 g/mol. The van der Waals surface area contributed by atoms with Gasteiger partial charge in [0.1, 0.15) is 6.54 Å². The van der Waals surface area contributed by atoms with Gasteiger partial charge in [0, 0.05) is 18.0 Å². The van der Waals surface area contributed by atoms with E-state index in [0.717, 1.165) is 12.6 Å². The van der Waals surface area contributed by atoms with Crippen molar-refractivity contribution < 1.29 is 25.1 Å². The minimum atomic E-state index is -2.07. The highest BCUT2D eigenvalue weighted by Gasteiger charge is 2.16. The Labute approximate surface area is 111 Å². The molecular weight excluding hydrogens is 248 g/mol. The van der Waals surface area contributed by atoms with Gasteiger partial charge in [0.25, 0.3) is 0 Å². The van der Waals surface area contributed by atoms with Crippen molar-refractivity contribution in [3.63, 3.8) is 0 Å². The average Bonchev–Trinajstić information content (AvgIpc) is 2.91. The molecule has 1 aliphatic rings. The van der Waals surface area contributed by atoms with Gasteiger partial charge >= 0.3 is 5.97 Å². The summed E-state index contributed by atoms with van der Waals surface area (Å²) in [5.41, 5.74) is 1.39. The molecule has 1 heterocycles. The number of hydrogen-bond donors (Lipinski definition) is 2. The zero-order valence-electron chi connectivity index (χ0n) is 10.6. The maximum atomic E-state index is 9.04. The molecule has 0 amide bonds. The third-order valence-electron chi connectivity index (χ3n) is 3.01. The molecule has 0 unspecified atom stereocenters. The number of carboxylic acid groups (broad SMARTS) is 2. The second-order valence-corrected chi connectivity index (χ2v) is 4.43. The topological polar surface area (TPSA) is 107 Å². The van der Waals surface area contributed by atoms with E-state index in [2.05, 4.69) is 22.4 Å². The van der Waals surface area contributed by atoms with E-state index in [1.165, 1.54) is 31.2 Å². The Balaban J connectivity index is 0.000000258. The van der Waals surface area contributed by atoms with Gasteiger partial charge in [-0.15, -0.1) is 0 Å². The van der Waals surface area contributed by atoms with E-state index in [1.54, 1.807) is 0 Å². The monoisotopic (exact) mass is 266 g/mol. The van der Waals surface area contributed by atoms with Gasteiger partial charge in [0.2, 0.25) is 0 Å². The fourth-order valence-electron chi connectivity index (χ4n) is 2.01. The zero-order chi connectivity index (χ0) is 14.1. The van der Waals surface area contributed by atoms with E-state index in [0.29, 0.717) is 0 Å². The number of hydrogen-bond acceptors (Lipinski definition) is 4. The molecule has 104 valence electrons. The number of nitrogens with zero attached hydrogens (tertiary/aromatic N) is 1. The smallest absolute Gasteiger partial charge is 0.351 e. The number of carbonyl (C=O) groups excluding carboxylic acids is 1. The van der Waals surface area contributed by atoms with Gasteiger partial charge in [0.15, 0.2) is 5.97 Å². The number of aliphatic carboxylic acids is 2. The summed E-state index contributed by atoms with van der Waals surface area (Å²) in [5.74, 6) is -4.01. The number of nitrogens with two attached hydrogens (primary N) is 1. The predicted molar refractivity (Wildman–Crippen MR) is 64.8 cm³/mol. The van der Waals surface area contributed by atoms with Crippen molar-refractivity contribution in [2.45, 2.75) is 38.3 Å². The van der Waals surface area contributed by atoms with Crippen LogP contribution in [0.2, 0.25) is 0 Å². The SMILES string of the molecule is O=C([O-])C(=O)O.c1cc(C[NH2+]C2CCCC2)ccn1. The van der Waals surface area contributed by atoms with Crippen LogP contribution in [0, 0.1) is 0 Å². The number of carbonyl (C=O) groups is 2. The van der Waals surface area contributed by atoms with Gasteiger partial charge in [-0.25, -0.2) is 4.79 Å².